The zero-order valence-corrected chi connectivity index (χ0v) is 13.8. The van der Waals surface area contributed by atoms with Gasteiger partial charge in [-0.05, 0) is 44.9 Å². The second-order valence-electron chi connectivity index (χ2n) is 4.68. The average Bonchev–Trinajstić information content (AvgIpc) is 3.01. The molecule has 2 heterocycles. The standard InChI is InChI=1S/C15H16BrN3S/c1-3-17-14(15-12(16)8-18-19(15)2)11-9-20-13-7-5-4-6-10(11)13/h4-9,14,17H,3H2,1-2H3. The van der Waals surface area contributed by atoms with Crippen LogP contribution in [0, 0.1) is 0 Å². The topological polar surface area (TPSA) is 29.9 Å². The number of hydrogen-bond donors (Lipinski definition) is 1. The van der Waals surface area contributed by atoms with E-state index in [0.29, 0.717) is 0 Å². The minimum absolute atomic E-state index is 0.151. The molecule has 0 saturated carbocycles. The molecule has 2 aromatic heterocycles. The minimum atomic E-state index is 0.151. The van der Waals surface area contributed by atoms with Crippen molar-refractivity contribution < 1.29 is 0 Å². The second kappa shape index (κ2) is 5.68. The van der Waals surface area contributed by atoms with E-state index in [4.69, 9.17) is 0 Å². The Kier molecular flexibility index (Phi) is 3.92. The smallest absolute Gasteiger partial charge is 0.0773 e. The minimum Gasteiger partial charge on any atom is -0.305 e. The molecule has 0 saturated heterocycles. The molecule has 1 N–H and O–H groups in total. The molecule has 1 aromatic carbocycles. The van der Waals surface area contributed by atoms with Gasteiger partial charge in [0.15, 0.2) is 0 Å². The van der Waals surface area contributed by atoms with Gasteiger partial charge in [-0.3, -0.25) is 4.68 Å². The Bertz CT molecular complexity index is 712. The third-order valence-corrected chi connectivity index (χ3v) is 5.03. The van der Waals surface area contributed by atoms with Gasteiger partial charge in [0.2, 0.25) is 0 Å². The third kappa shape index (κ3) is 2.30. The lowest BCUT2D eigenvalue weighted by Crippen LogP contribution is -2.24. The summed E-state index contributed by atoms with van der Waals surface area (Å²) in [4.78, 5) is 0. The molecule has 0 aliphatic carbocycles. The van der Waals surface area contributed by atoms with Crippen molar-refractivity contribution in [1.82, 2.24) is 15.1 Å². The van der Waals surface area contributed by atoms with Crippen molar-refractivity contribution in [2.45, 2.75) is 13.0 Å². The van der Waals surface area contributed by atoms with Gasteiger partial charge in [-0.2, -0.15) is 5.10 Å². The van der Waals surface area contributed by atoms with Crippen LogP contribution >= 0.6 is 27.3 Å². The predicted octanol–water partition coefficient (Wildman–Crippen LogP) is 4.10. The maximum Gasteiger partial charge on any atom is 0.0773 e. The molecule has 0 bridgehead atoms. The number of thiophene rings is 1. The molecule has 0 aliphatic rings. The molecule has 0 amide bonds. The maximum atomic E-state index is 4.34. The molecule has 0 spiro atoms. The molecule has 3 rings (SSSR count). The van der Waals surface area contributed by atoms with Crippen LogP contribution in [-0.2, 0) is 7.05 Å². The number of nitrogens with zero attached hydrogens (tertiary/aromatic N) is 2. The molecule has 0 aliphatic heterocycles. The van der Waals surface area contributed by atoms with Gasteiger partial charge < -0.3 is 5.32 Å². The van der Waals surface area contributed by atoms with Crippen LogP contribution in [0.1, 0.15) is 24.2 Å². The van der Waals surface area contributed by atoms with Crippen LogP contribution in [0.15, 0.2) is 40.3 Å². The molecule has 0 radical (unpaired) electrons. The highest BCUT2D eigenvalue weighted by atomic mass is 79.9. The summed E-state index contributed by atoms with van der Waals surface area (Å²) < 4.78 is 4.30. The van der Waals surface area contributed by atoms with Gasteiger partial charge in [0.25, 0.3) is 0 Å². The molecular formula is C15H16BrN3S. The van der Waals surface area contributed by atoms with Gasteiger partial charge in [-0.15, -0.1) is 11.3 Å². The molecule has 20 heavy (non-hydrogen) atoms. The summed E-state index contributed by atoms with van der Waals surface area (Å²) in [6.45, 7) is 3.04. The number of benzene rings is 1. The van der Waals surface area contributed by atoms with Gasteiger partial charge in [-0.1, -0.05) is 25.1 Å². The van der Waals surface area contributed by atoms with Gasteiger partial charge in [-0.25, -0.2) is 0 Å². The Balaban J connectivity index is 2.16. The molecule has 104 valence electrons. The van der Waals surface area contributed by atoms with Crippen LogP contribution in [0.25, 0.3) is 10.1 Å². The maximum absolute atomic E-state index is 4.34. The lowest BCUT2D eigenvalue weighted by Gasteiger charge is -2.19. The predicted molar refractivity (Wildman–Crippen MR) is 88.3 cm³/mol. The summed E-state index contributed by atoms with van der Waals surface area (Å²) in [7, 11) is 1.99. The first-order valence-electron chi connectivity index (χ1n) is 6.59. The van der Waals surface area contributed by atoms with Crippen molar-refractivity contribution in [1.29, 1.82) is 0 Å². The van der Waals surface area contributed by atoms with E-state index in [9.17, 15) is 0 Å². The van der Waals surface area contributed by atoms with E-state index in [1.165, 1.54) is 15.6 Å². The van der Waals surface area contributed by atoms with Crippen LogP contribution in [0.5, 0.6) is 0 Å². The molecule has 3 nitrogen and oxygen atoms in total. The van der Waals surface area contributed by atoms with Crippen LogP contribution in [0.4, 0.5) is 0 Å². The Hall–Kier alpha value is -1.17. The van der Waals surface area contributed by atoms with Crippen molar-refractivity contribution >= 4 is 37.4 Å². The fourth-order valence-corrected chi connectivity index (χ4v) is 4.09. The fourth-order valence-electron chi connectivity index (χ4n) is 2.52. The molecule has 5 heteroatoms. The van der Waals surface area contributed by atoms with Gasteiger partial charge in [0.1, 0.15) is 0 Å². The summed E-state index contributed by atoms with van der Waals surface area (Å²) in [5.41, 5.74) is 2.48. The van der Waals surface area contributed by atoms with Crippen LogP contribution < -0.4 is 5.32 Å². The number of halogens is 1. The SMILES string of the molecule is CCNC(c1csc2ccccc12)c1c(Br)cnn1C. The van der Waals surface area contributed by atoms with E-state index in [1.807, 2.05) is 17.9 Å². The molecular weight excluding hydrogens is 334 g/mol. The summed E-state index contributed by atoms with van der Waals surface area (Å²) in [5, 5.41) is 11.5. The van der Waals surface area contributed by atoms with E-state index in [1.54, 1.807) is 11.3 Å². The Labute approximate surface area is 130 Å². The van der Waals surface area contributed by atoms with Gasteiger partial charge in [0, 0.05) is 11.7 Å². The molecule has 0 fully saturated rings. The number of nitrogens with one attached hydrogen (secondary N) is 1. The lowest BCUT2D eigenvalue weighted by atomic mass is 10.0. The third-order valence-electron chi connectivity index (χ3n) is 3.44. The van der Waals surface area contributed by atoms with E-state index in [2.05, 4.69) is 62.9 Å². The largest absolute Gasteiger partial charge is 0.305 e. The Morgan fingerprint density at radius 2 is 2.20 bits per heavy atom. The number of aryl methyl sites for hydroxylation is 1. The van der Waals surface area contributed by atoms with E-state index in [0.717, 1.165) is 16.7 Å². The highest BCUT2D eigenvalue weighted by molar-refractivity contribution is 9.10. The van der Waals surface area contributed by atoms with Crippen molar-refractivity contribution in [3.05, 3.63) is 51.6 Å². The van der Waals surface area contributed by atoms with Crippen molar-refractivity contribution in [2.24, 2.45) is 7.05 Å². The first kappa shape index (κ1) is 13.8. The summed E-state index contributed by atoms with van der Waals surface area (Å²) >= 11 is 5.41. The summed E-state index contributed by atoms with van der Waals surface area (Å²) in [6, 6.07) is 8.70. The van der Waals surface area contributed by atoms with Crippen molar-refractivity contribution in [3.8, 4) is 0 Å². The van der Waals surface area contributed by atoms with E-state index < -0.39 is 0 Å². The van der Waals surface area contributed by atoms with Crippen LogP contribution in [-0.4, -0.2) is 16.3 Å². The van der Waals surface area contributed by atoms with Gasteiger partial charge in [0.05, 0.1) is 22.4 Å². The molecule has 1 unspecified atom stereocenters. The highest BCUT2D eigenvalue weighted by Crippen LogP contribution is 2.35. The number of rotatable bonds is 4. The quantitative estimate of drug-likeness (QED) is 0.768. The van der Waals surface area contributed by atoms with Crippen LogP contribution in [0.3, 0.4) is 0 Å². The molecule has 3 aromatic rings. The number of hydrogen-bond acceptors (Lipinski definition) is 3. The fraction of sp³-hybridized carbons (Fsp3) is 0.267. The average molecular weight is 350 g/mol. The van der Waals surface area contributed by atoms with Crippen molar-refractivity contribution in [3.63, 3.8) is 0 Å². The Morgan fingerprint density at radius 1 is 1.40 bits per heavy atom. The number of aromatic nitrogens is 2. The lowest BCUT2D eigenvalue weighted by molar-refractivity contribution is 0.574. The Morgan fingerprint density at radius 3 is 2.90 bits per heavy atom. The first-order chi connectivity index (χ1) is 9.72. The summed E-state index contributed by atoms with van der Waals surface area (Å²) in [6.07, 6.45) is 1.86. The highest BCUT2D eigenvalue weighted by Gasteiger charge is 2.22. The zero-order chi connectivity index (χ0) is 14.1. The monoisotopic (exact) mass is 349 g/mol. The zero-order valence-electron chi connectivity index (χ0n) is 11.4. The van der Waals surface area contributed by atoms with Crippen LogP contribution in [0.2, 0.25) is 0 Å². The summed E-state index contributed by atoms with van der Waals surface area (Å²) in [5.74, 6) is 0. The van der Waals surface area contributed by atoms with Crippen molar-refractivity contribution in [2.75, 3.05) is 6.54 Å². The second-order valence-corrected chi connectivity index (χ2v) is 6.44. The molecule has 1 atom stereocenters. The number of fused-ring (bicyclic) bond motifs is 1. The van der Waals surface area contributed by atoms with Gasteiger partial charge >= 0.3 is 0 Å². The van der Waals surface area contributed by atoms with E-state index in [-0.39, 0.29) is 6.04 Å². The van der Waals surface area contributed by atoms with E-state index >= 15 is 0 Å². The first-order valence-corrected chi connectivity index (χ1v) is 8.26. The normalized spacial score (nSPS) is 12.9.